The second-order valence-electron chi connectivity index (χ2n) is 5.85. The van der Waals surface area contributed by atoms with Gasteiger partial charge < -0.3 is 5.11 Å². The zero-order valence-corrected chi connectivity index (χ0v) is 14.1. The summed E-state index contributed by atoms with van der Waals surface area (Å²) >= 11 is 0. The molecule has 0 radical (unpaired) electrons. The van der Waals surface area contributed by atoms with Crippen molar-refractivity contribution in [1.82, 2.24) is 0 Å². The summed E-state index contributed by atoms with van der Waals surface area (Å²) < 4.78 is 0. The molecule has 0 aromatic heterocycles. The lowest BCUT2D eigenvalue weighted by molar-refractivity contribution is -0.131. The van der Waals surface area contributed by atoms with Crippen molar-refractivity contribution in [2.75, 3.05) is 0 Å². The van der Waals surface area contributed by atoms with Gasteiger partial charge in [0.25, 0.3) is 0 Å². The molecule has 0 unspecified atom stereocenters. The van der Waals surface area contributed by atoms with Gasteiger partial charge in [-0.2, -0.15) is 0 Å². The van der Waals surface area contributed by atoms with E-state index in [1.54, 1.807) is 13.0 Å². The van der Waals surface area contributed by atoms with E-state index < -0.39 is 5.97 Å². The highest BCUT2D eigenvalue weighted by Gasteiger charge is 2.07. The van der Waals surface area contributed by atoms with E-state index in [4.69, 9.17) is 5.11 Å². The van der Waals surface area contributed by atoms with Gasteiger partial charge in [-0.25, -0.2) is 4.79 Å². The zero-order valence-electron chi connectivity index (χ0n) is 14.1. The van der Waals surface area contributed by atoms with Gasteiger partial charge in [-0.05, 0) is 66.3 Å². The van der Waals surface area contributed by atoms with E-state index in [2.05, 4.69) is 51.1 Å². The third kappa shape index (κ3) is 3.98. The maximum atomic E-state index is 10.6. The lowest BCUT2D eigenvalue weighted by Gasteiger charge is -2.12. The standard InChI is InChI=1S/C21H22O2/c1-14(12-21(22)23)8-7-9-15(2)20-13-16(3)18-10-5-6-11-19(18)17(20)4/h5-13H,1-4H3,(H,22,23)/b8-7+,14-12+,15-9-. The molecular weight excluding hydrogens is 284 g/mol. The molecule has 2 heteroatoms. The average Bonchev–Trinajstić information content (AvgIpc) is 2.50. The van der Waals surface area contributed by atoms with Crippen molar-refractivity contribution in [1.29, 1.82) is 0 Å². The molecule has 0 heterocycles. The van der Waals surface area contributed by atoms with Crippen LogP contribution in [-0.4, -0.2) is 11.1 Å². The Morgan fingerprint density at radius 1 is 1.09 bits per heavy atom. The number of hydrogen-bond donors (Lipinski definition) is 1. The van der Waals surface area contributed by atoms with E-state index >= 15 is 0 Å². The number of rotatable bonds is 4. The van der Waals surface area contributed by atoms with Gasteiger partial charge in [0, 0.05) is 6.08 Å². The predicted octanol–water partition coefficient (Wildman–Crippen LogP) is 5.45. The number of carbonyl (C=O) groups is 1. The molecule has 2 rings (SSSR count). The Balaban J connectivity index is 2.40. The normalized spacial score (nSPS) is 13.0. The minimum absolute atomic E-state index is 0.716. The quantitative estimate of drug-likeness (QED) is 0.602. The molecule has 118 valence electrons. The monoisotopic (exact) mass is 306 g/mol. The Morgan fingerprint density at radius 2 is 1.74 bits per heavy atom. The van der Waals surface area contributed by atoms with Crippen molar-refractivity contribution in [3.8, 4) is 0 Å². The fourth-order valence-electron chi connectivity index (χ4n) is 2.79. The van der Waals surface area contributed by atoms with Crippen LogP contribution in [0.15, 0.2) is 60.2 Å². The Labute approximate surface area is 137 Å². The molecule has 0 saturated carbocycles. The highest BCUT2D eigenvalue weighted by Crippen LogP contribution is 2.29. The summed E-state index contributed by atoms with van der Waals surface area (Å²) in [6.07, 6.45) is 6.93. The molecule has 0 bridgehead atoms. The van der Waals surface area contributed by atoms with Crippen LogP contribution in [0.1, 0.15) is 30.5 Å². The molecule has 2 aromatic carbocycles. The SMILES string of the molecule is C/C(=C/C=C/C(C)=C/C(=O)O)c1cc(C)c2ccccc2c1C. The van der Waals surface area contributed by atoms with Crippen LogP contribution in [0.2, 0.25) is 0 Å². The molecule has 0 aliphatic carbocycles. The van der Waals surface area contributed by atoms with Gasteiger partial charge in [0.05, 0.1) is 0 Å². The lowest BCUT2D eigenvalue weighted by Crippen LogP contribution is -1.91. The summed E-state index contributed by atoms with van der Waals surface area (Å²) in [6, 6.07) is 10.7. The first-order chi connectivity index (χ1) is 10.9. The number of carboxylic acid groups (broad SMARTS) is 1. The molecule has 2 nitrogen and oxygen atoms in total. The van der Waals surface area contributed by atoms with E-state index in [1.807, 2.05) is 12.2 Å². The van der Waals surface area contributed by atoms with E-state index in [1.165, 1.54) is 33.5 Å². The molecule has 0 atom stereocenters. The summed E-state index contributed by atoms with van der Waals surface area (Å²) in [5.74, 6) is -0.922. The van der Waals surface area contributed by atoms with Crippen LogP contribution in [0.4, 0.5) is 0 Å². The smallest absolute Gasteiger partial charge is 0.328 e. The molecule has 0 spiro atoms. The van der Waals surface area contributed by atoms with Gasteiger partial charge in [0.2, 0.25) is 0 Å². The number of aryl methyl sites for hydroxylation is 2. The van der Waals surface area contributed by atoms with Crippen molar-refractivity contribution in [3.05, 3.63) is 76.9 Å². The fourth-order valence-corrected chi connectivity index (χ4v) is 2.79. The second kappa shape index (κ2) is 7.10. The highest BCUT2D eigenvalue weighted by atomic mass is 16.4. The molecule has 23 heavy (non-hydrogen) atoms. The molecular formula is C21H22O2. The predicted molar refractivity (Wildman–Crippen MR) is 97.6 cm³/mol. The van der Waals surface area contributed by atoms with Crippen LogP contribution < -0.4 is 0 Å². The van der Waals surface area contributed by atoms with Crippen LogP contribution in [-0.2, 0) is 4.79 Å². The Bertz CT molecular complexity index is 836. The van der Waals surface area contributed by atoms with Crippen molar-refractivity contribution < 1.29 is 9.90 Å². The highest BCUT2D eigenvalue weighted by molar-refractivity contribution is 5.92. The van der Waals surface area contributed by atoms with E-state index in [9.17, 15) is 4.79 Å². The van der Waals surface area contributed by atoms with Gasteiger partial charge in [0.1, 0.15) is 0 Å². The Morgan fingerprint density at radius 3 is 2.39 bits per heavy atom. The molecule has 1 N–H and O–H groups in total. The summed E-state index contributed by atoms with van der Waals surface area (Å²) in [4.78, 5) is 10.6. The number of allylic oxidation sites excluding steroid dienone is 5. The third-order valence-electron chi connectivity index (χ3n) is 4.00. The zero-order chi connectivity index (χ0) is 17.0. The van der Waals surface area contributed by atoms with Crippen LogP contribution in [0, 0.1) is 13.8 Å². The lowest BCUT2D eigenvalue weighted by atomic mass is 9.92. The molecule has 0 aliphatic heterocycles. The first-order valence-corrected chi connectivity index (χ1v) is 7.65. The maximum Gasteiger partial charge on any atom is 0.328 e. The van der Waals surface area contributed by atoms with Crippen LogP contribution in [0.25, 0.3) is 16.3 Å². The van der Waals surface area contributed by atoms with Crippen molar-refractivity contribution in [2.24, 2.45) is 0 Å². The minimum Gasteiger partial charge on any atom is -0.478 e. The van der Waals surface area contributed by atoms with Gasteiger partial charge >= 0.3 is 5.97 Å². The number of aliphatic carboxylic acids is 1. The van der Waals surface area contributed by atoms with Gasteiger partial charge in [-0.15, -0.1) is 0 Å². The van der Waals surface area contributed by atoms with Gasteiger partial charge in [-0.3, -0.25) is 0 Å². The summed E-state index contributed by atoms with van der Waals surface area (Å²) in [7, 11) is 0. The van der Waals surface area contributed by atoms with Crippen molar-refractivity contribution in [2.45, 2.75) is 27.7 Å². The first kappa shape index (κ1) is 16.8. The number of benzene rings is 2. The molecule has 0 aliphatic rings. The van der Waals surface area contributed by atoms with E-state index in [0.717, 1.165) is 5.57 Å². The van der Waals surface area contributed by atoms with Crippen LogP contribution in [0.3, 0.4) is 0 Å². The average molecular weight is 306 g/mol. The fraction of sp³-hybridized carbons (Fsp3) is 0.190. The number of carboxylic acids is 1. The van der Waals surface area contributed by atoms with E-state index in [0.29, 0.717) is 5.57 Å². The largest absolute Gasteiger partial charge is 0.478 e. The van der Waals surface area contributed by atoms with Crippen molar-refractivity contribution >= 4 is 22.3 Å². The van der Waals surface area contributed by atoms with Gasteiger partial charge in [0.15, 0.2) is 0 Å². The summed E-state index contributed by atoms with van der Waals surface area (Å²) in [6.45, 7) is 8.14. The third-order valence-corrected chi connectivity index (χ3v) is 4.00. The summed E-state index contributed by atoms with van der Waals surface area (Å²) in [5.41, 5.74) is 5.64. The Hall–Kier alpha value is -2.61. The van der Waals surface area contributed by atoms with Crippen molar-refractivity contribution in [3.63, 3.8) is 0 Å². The number of fused-ring (bicyclic) bond motifs is 1. The topological polar surface area (TPSA) is 37.3 Å². The van der Waals surface area contributed by atoms with Crippen LogP contribution >= 0.6 is 0 Å². The van der Waals surface area contributed by atoms with Gasteiger partial charge in [-0.1, -0.05) is 48.6 Å². The van der Waals surface area contributed by atoms with Crippen LogP contribution in [0.5, 0.6) is 0 Å². The van der Waals surface area contributed by atoms with E-state index in [-0.39, 0.29) is 0 Å². The maximum absolute atomic E-state index is 10.6. The second-order valence-corrected chi connectivity index (χ2v) is 5.85. The Kier molecular flexibility index (Phi) is 5.17. The minimum atomic E-state index is -0.922. The number of hydrogen-bond acceptors (Lipinski definition) is 1. The molecule has 0 saturated heterocycles. The summed E-state index contributed by atoms with van der Waals surface area (Å²) in [5, 5.41) is 11.3. The molecule has 0 amide bonds. The first-order valence-electron chi connectivity index (χ1n) is 7.65. The molecule has 0 fully saturated rings. The molecule has 2 aromatic rings.